The van der Waals surface area contributed by atoms with Gasteiger partial charge in [0, 0.05) is 11.8 Å². The maximum Gasteiger partial charge on any atom is 0.170 e. The Bertz CT molecular complexity index is 842. The number of nitrogens with zero attached hydrogens (tertiary/aromatic N) is 4. The molecule has 0 atom stereocenters. The van der Waals surface area contributed by atoms with Crippen molar-refractivity contribution in [2.45, 2.75) is 13.8 Å². The summed E-state index contributed by atoms with van der Waals surface area (Å²) < 4.78 is 12.8. The lowest BCUT2D eigenvalue weighted by Gasteiger charge is -2.15. The number of aromatic nitrogens is 4. The second kappa shape index (κ2) is 6.08. The van der Waals surface area contributed by atoms with Crippen LogP contribution in [0.4, 0.5) is 0 Å². The van der Waals surface area contributed by atoms with Crippen LogP contribution in [0.1, 0.15) is 11.4 Å². The average molecular weight is 310 g/mol. The van der Waals surface area contributed by atoms with Gasteiger partial charge in [-0.15, -0.1) is 10.2 Å². The van der Waals surface area contributed by atoms with Crippen LogP contribution in [0.15, 0.2) is 36.7 Å². The van der Waals surface area contributed by atoms with E-state index in [-0.39, 0.29) is 0 Å². The minimum absolute atomic E-state index is 0.673. The van der Waals surface area contributed by atoms with E-state index in [1.165, 1.54) is 0 Å². The molecular formula is C17H18N4O2. The summed E-state index contributed by atoms with van der Waals surface area (Å²) in [5, 5.41) is 8.55. The Labute approximate surface area is 134 Å². The highest BCUT2D eigenvalue weighted by Crippen LogP contribution is 2.32. The summed E-state index contributed by atoms with van der Waals surface area (Å²) >= 11 is 0. The Kier molecular flexibility index (Phi) is 3.97. The summed E-state index contributed by atoms with van der Waals surface area (Å²) in [7, 11) is 3.27. The van der Waals surface area contributed by atoms with Crippen molar-refractivity contribution in [3.8, 4) is 28.6 Å². The number of para-hydroxylation sites is 1. The Morgan fingerprint density at radius 1 is 1.00 bits per heavy atom. The molecule has 0 aliphatic carbocycles. The molecule has 0 unspecified atom stereocenters. The summed E-state index contributed by atoms with van der Waals surface area (Å²) in [6.07, 6.45) is 3.40. The molecule has 0 amide bonds. The van der Waals surface area contributed by atoms with Crippen LogP contribution in [0, 0.1) is 13.8 Å². The third-order valence-corrected chi connectivity index (χ3v) is 3.68. The lowest BCUT2D eigenvalue weighted by molar-refractivity contribution is 0.412. The molecule has 0 aliphatic heterocycles. The van der Waals surface area contributed by atoms with Crippen LogP contribution in [0.2, 0.25) is 0 Å². The van der Waals surface area contributed by atoms with E-state index in [4.69, 9.17) is 9.47 Å². The molecule has 0 saturated carbocycles. The second-order valence-corrected chi connectivity index (χ2v) is 5.15. The van der Waals surface area contributed by atoms with Crippen molar-refractivity contribution in [3.05, 3.63) is 48.0 Å². The smallest absolute Gasteiger partial charge is 0.170 e. The zero-order valence-electron chi connectivity index (χ0n) is 13.6. The van der Waals surface area contributed by atoms with E-state index in [2.05, 4.69) is 15.2 Å². The molecule has 2 aromatic heterocycles. The number of rotatable bonds is 4. The van der Waals surface area contributed by atoms with E-state index in [1.807, 2.05) is 42.7 Å². The topological polar surface area (TPSA) is 62.1 Å². The fourth-order valence-corrected chi connectivity index (χ4v) is 2.55. The molecule has 0 fully saturated rings. The Balaban J connectivity index is 2.25. The van der Waals surface area contributed by atoms with E-state index in [1.54, 1.807) is 26.6 Å². The Morgan fingerprint density at radius 3 is 2.57 bits per heavy atom. The maximum atomic E-state index is 5.52. The van der Waals surface area contributed by atoms with Crippen LogP contribution in [0.3, 0.4) is 0 Å². The van der Waals surface area contributed by atoms with Gasteiger partial charge in [0.15, 0.2) is 5.82 Å². The molecule has 6 nitrogen and oxygen atoms in total. The fourth-order valence-electron chi connectivity index (χ4n) is 2.55. The van der Waals surface area contributed by atoms with Gasteiger partial charge in [-0.05, 0) is 31.5 Å². The number of pyridine rings is 1. The lowest BCUT2D eigenvalue weighted by Crippen LogP contribution is -2.05. The first-order valence-corrected chi connectivity index (χ1v) is 7.21. The van der Waals surface area contributed by atoms with Gasteiger partial charge in [-0.25, -0.2) is 0 Å². The number of methoxy groups -OCH3 is 2. The first-order chi connectivity index (χ1) is 11.2. The van der Waals surface area contributed by atoms with Crippen LogP contribution in [-0.2, 0) is 0 Å². The van der Waals surface area contributed by atoms with E-state index < -0.39 is 0 Å². The monoisotopic (exact) mass is 310 g/mol. The van der Waals surface area contributed by atoms with Crippen molar-refractivity contribution in [3.63, 3.8) is 0 Å². The Morgan fingerprint density at radius 2 is 1.83 bits per heavy atom. The predicted octanol–water partition coefficient (Wildman–Crippen LogP) is 2.96. The summed E-state index contributed by atoms with van der Waals surface area (Å²) in [5.74, 6) is 2.91. The van der Waals surface area contributed by atoms with Gasteiger partial charge in [-0.3, -0.25) is 9.55 Å². The van der Waals surface area contributed by atoms with Gasteiger partial charge in [0.05, 0.1) is 26.1 Å². The molecule has 1 aromatic carbocycles. The van der Waals surface area contributed by atoms with Crippen LogP contribution in [0.25, 0.3) is 17.1 Å². The van der Waals surface area contributed by atoms with Gasteiger partial charge in [0.1, 0.15) is 17.3 Å². The molecule has 2 heterocycles. The van der Waals surface area contributed by atoms with Gasteiger partial charge in [0.25, 0.3) is 0 Å². The van der Waals surface area contributed by atoms with Crippen molar-refractivity contribution >= 4 is 0 Å². The van der Waals surface area contributed by atoms with Crippen molar-refractivity contribution in [2.75, 3.05) is 14.2 Å². The van der Waals surface area contributed by atoms with Crippen molar-refractivity contribution in [1.29, 1.82) is 0 Å². The molecule has 3 aromatic rings. The van der Waals surface area contributed by atoms with Crippen molar-refractivity contribution in [2.24, 2.45) is 0 Å². The van der Waals surface area contributed by atoms with Gasteiger partial charge in [0.2, 0.25) is 0 Å². The number of hydrogen-bond donors (Lipinski definition) is 0. The first kappa shape index (κ1) is 15.0. The van der Waals surface area contributed by atoms with E-state index in [9.17, 15) is 0 Å². The molecule has 23 heavy (non-hydrogen) atoms. The molecule has 0 spiro atoms. The molecule has 0 N–H and O–H groups in total. The summed E-state index contributed by atoms with van der Waals surface area (Å²) in [4.78, 5) is 4.20. The zero-order chi connectivity index (χ0) is 16.4. The number of hydrogen-bond acceptors (Lipinski definition) is 5. The molecule has 0 bridgehead atoms. The van der Waals surface area contributed by atoms with E-state index >= 15 is 0 Å². The third kappa shape index (κ3) is 2.63. The quantitative estimate of drug-likeness (QED) is 0.741. The van der Waals surface area contributed by atoms with Crippen molar-refractivity contribution < 1.29 is 9.47 Å². The minimum Gasteiger partial charge on any atom is -0.495 e. The first-order valence-electron chi connectivity index (χ1n) is 7.21. The highest BCUT2D eigenvalue weighted by Gasteiger charge is 2.18. The SMILES string of the molecule is COc1cncc(-c2nnc(C)n2-c2c(C)cccc2OC)c1. The normalized spacial score (nSPS) is 10.6. The summed E-state index contributed by atoms with van der Waals surface area (Å²) in [6, 6.07) is 7.81. The highest BCUT2D eigenvalue weighted by atomic mass is 16.5. The van der Waals surface area contributed by atoms with Crippen LogP contribution in [0.5, 0.6) is 11.5 Å². The molecule has 0 radical (unpaired) electrons. The number of ether oxygens (including phenoxy) is 2. The zero-order valence-corrected chi connectivity index (χ0v) is 13.6. The highest BCUT2D eigenvalue weighted by molar-refractivity contribution is 5.63. The van der Waals surface area contributed by atoms with Crippen LogP contribution >= 0.6 is 0 Å². The molecule has 0 saturated heterocycles. The number of aryl methyl sites for hydroxylation is 2. The predicted molar refractivity (Wildman–Crippen MR) is 87.2 cm³/mol. The lowest BCUT2D eigenvalue weighted by atomic mass is 10.1. The summed E-state index contributed by atoms with van der Waals surface area (Å²) in [5.41, 5.74) is 2.83. The minimum atomic E-state index is 0.673. The standard InChI is InChI=1S/C17H18N4O2/c1-11-6-5-7-15(23-4)16(11)21-12(2)19-20-17(21)13-8-14(22-3)10-18-9-13/h5-10H,1-4H3. The average Bonchev–Trinajstić information content (AvgIpc) is 2.96. The largest absolute Gasteiger partial charge is 0.495 e. The van der Waals surface area contributed by atoms with Gasteiger partial charge in [-0.1, -0.05) is 12.1 Å². The molecule has 6 heteroatoms. The van der Waals surface area contributed by atoms with Crippen LogP contribution in [-0.4, -0.2) is 34.0 Å². The Hall–Kier alpha value is -2.89. The van der Waals surface area contributed by atoms with Gasteiger partial charge >= 0.3 is 0 Å². The van der Waals surface area contributed by atoms with E-state index in [0.29, 0.717) is 11.6 Å². The molecule has 0 aliphatic rings. The maximum absolute atomic E-state index is 5.52. The second-order valence-electron chi connectivity index (χ2n) is 5.15. The third-order valence-electron chi connectivity index (χ3n) is 3.68. The van der Waals surface area contributed by atoms with Gasteiger partial charge in [-0.2, -0.15) is 0 Å². The van der Waals surface area contributed by atoms with Crippen molar-refractivity contribution in [1.82, 2.24) is 19.7 Å². The number of benzene rings is 1. The molecule has 118 valence electrons. The summed E-state index contributed by atoms with van der Waals surface area (Å²) in [6.45, 7) is 3.95. The molecule has 3 rings (SSSR count). The fraction of sp³-hybridized carbons (Fsp3) is 0.235. The molecular weight excluding hydrogens is 292 g/mol. The van der Waals surface area contributed by atoms with E-state index in [0.717, 1.165) is 28.4 Å². The van der Waals surface area contributed by atoms with Crippen LogP contribution < -0.4 is 9.47 Å². The van der Waals surface area contributed by atoms with Gasteiger partial charge < -0.3 is 9.47 Å².